The van der Waals surface area contributed by atoms with Crippen molar-refractivity contribution in [3.05, 3.63) is 0 Å². The van der Waals surface area contributed by atoms with Gasteiger partial charge in [0.1, 0.15) is 11.6 Å². The molecule has 0 rings (SSSR count). The van der Waals surface area contributed by atoms with Crippen molar-refractivity contribution in [1.82, 2.24) is 0 Å². The predicted molar refractivity (Wildman–Crippen MR) is 111 cm³/mol. The Morgan fingerprint density at radius 1 is 0.480 bits per heavy atom. The molecule has 0 aliphatic carbocycles. The lowest BCUT2D eigenvalue weighted by Crippen LogP contribution is -1.96. The molecule has 0 radical (unpaired) electrons. The third-order valence-electron chi connectivity index (χ3n) is 4.50. The van der Waals surface area contributed by atoms with E-state index in [9.17, 15) is 9.59 Å². The largest absolute Gasteiger partial charge is 0.300 e. The number of hydrogen-bond acceptors (Lipinski definition) is 2. The SMILES string of the molecule is CCCCCCC(=O)CCCC.CCCCCCCCCCC(C)=O. The zero-order chi connectivity index (χ0) is 19.2. The summed E-state index contributed by atoms with van der Waals surface area (Å²) in [5.41, 5.74) is 0. The van der Waals surface area contributed by atoms with E-state index in [1.165, 1.54) is 64.2 Å². The lowest BCUT2D eigenvalue weighted by molar-refractivity contribution is -0.119. The molecule has 0 fully saturated rings. The molecule has 150 valence electrons. The summed E-state index contributed by atoms with van der Waals surface area (Å²) in [4.78, 5) is 21.8. The molecule has 0 heterocycles. The first kappa shape index (κ1) is 26.6. The van der Waals surface area contributed by atoms with Gasteiger partial charge in [-0.25, -0.2) is 0 Å². The van der Waals surface area contributed by atoms with Gasteiger partial charge in [-0.05, 0) is 26.2 Å². The van der Waals surface area contributed by atoms with Crippen molar-refractivity contribution >= 4 is 11.6 Å². The highest BCUT2D eigenvalue weighted by Crippen LogP contribution is 2.09. The molecule has 0 atom stereocenters. The van der Waals surface area contributed by atoms with E-state index in [0.29, 0.717) is 11.6 Å². The van der Waals surface area contributed by atoms with Gasteiger partial charge >= 0.3 is 0 Å². The Hall–Kier alpha value is -0.660. The molecule has 0 saturated heterocycles. The Bertz CT molecular complexity index is 284. The van der Waals surface area contributed by atoms with Gasteiger partial charge in [0.25, 0.3) is 0 Å². The van der Waals surface area contributed by atoms with Gasteiger partial charge in [0.2, 0.25) is 0 Å². The number of hydrogen-bond donors (Lipinski definition) is 0. The first-order valence-electron chi connectivity index (χ1n) is 11.1. The van der Waals surface area contributed by atoms with Crippen LogP contribution < -0.4 is 0 Å². The molecule has 0 aliphatic rings. The molecular formula is C23H46O2. The number of carbonyl (C=O) groups is 2. The van der Waals surface area contributed by atoms with Crippen LogP contribution in [0.4, 0.5) is 0 Å². The number of Topliss-reactive ketones (excluding diaryl/α,β-unsaturated/α-hetero) is 2. The van der Waals surface area contributed by atoms with Crippen LogP contribution in [-0.4, -0.2) is 11.6 Å². The molecule has 0 aromatic rings. The van der Waals surface area contributed by atoms with E-state index in [4.69, 9.17) is 0 Å². The predicted octanol–water partition coefficient (Wildman–Crippen LogP) is 7.82. The summed E-state index contributed by atoms with van der Waals surface area (Å²) in [6.45, 7) is 8.25. The number of rotatable bonds is 17. The minimum Gasteiger partial charge on any atom is -0.300 e. The minimum absolute atomic E-state index is 0.339. The summed E-state index contributed by atoms with van der Waals surface area (Å²) >= 11 is 0. The monoisotopic (exact) mass is 354 g/mol. The molecule has 0 amide bonds. The lowest BCUT2D eigenvalue weighted by atomic mass is 10.1. The van der Waals surface area contributed by atoms with E-state index in [0.717, 1.165) is 44.9 Å². The summed E-state index contributed by atoms with van der Waals surface area (Å²) in [5, 5.41) is 0. The molecule has 0 saturated carbocycles. The van der Waals surface area contributed by atoms with Gasteiger partial charge in [-0.2, -0.15) is 0 Å². The molecule has 0 unspecified atom stereocenters. The number of ketones is 2. The van der Waals surface area contributed by atoms with Crippen LogP contribution in [0, 0.1) is 0 Å². The smallest absolute Gasteiger partial charge is 0.132 e. The first-order valence-corrected chi connectivity index (χ1v) is 11.1. The van der Waals surface area contributed by atoms with Crippen molar-refractivity contribution in [1.29, 1.82) is 0 Å². The van der Waals surface area contributed by atoms with E-state index in [1.807, 2.05) is 0 Å². The summed E-state index contributed by atoms with van der Waals surface area (Å²) < 4.78 is 0. The Labute approximate surface area is 158 Å². The molecule has 0 bridgehead atoms. The third-order valence-corrected chi connectivity index (χ3v) is 4.50. The number of unbranched alkanes of at least 4 members (excludes halogenated alkanes) is 11. The highest BCUT2D eigenvalue weighted by Gasteiger charge is 1.99. The van der Waals surface area contributed by atoms with Crippen LogP contribution in [-0.2, 0) is 9.59 Å². The molecule has 0 aliphatic heterocycles. The fourth-order valence-electron chi connectivity index (χ4n) is 2.76. The van der Waals surface area contributed by atoms with Crippen LogP contribution in [0.15, 0.2) is 0 Å². The molecule has 2 nitrogen and oxygen atoms in total. The standard InChI is InChI=1S/C12H24O.C11H22O/c1-3-4-5-6-7-8-9-10-11-12(2)13;1-3-5-7-8-10-11(12)9-6-4-2/h3-11H2,1-2H3;3-10H2,1-2H3. The lowest BCUT2D eigenvalue weighted by Gasteiger charge is -1.99. The third kappa shape index (κ3) is 28.4. The highest BCUT2D eigenvalue weighted by atomic mass is 16.1. The maximum absolute atomic E-state index is 11.2. The van der Waals surface area contributed by atoms with Gasteiger partial charge < -0.3 is 4.79 Å². The second-order valence-electron chi connectivity index (χ2n) is 7.38. The van der Waals surface area contributed by atoms with E-state index >= 15 is 0 Å². The average Bonchev–Trinajstić information content (AvgIpc) is 2.59. The fourth-order valence-corrected chi connectivity index (χ4v) is 2.76. The zero-order valence-corrected chi connectivity index (χ0v) is 17.8. The average molecular weight is 355 g/mol. The van der Waals surface area contributed by atoms with Gasteiger partial charge in [0.15, 0.2) is 0 Å². The van der Waals surface area contributed by atoms with Crippen molar-refractivity contribution in [2.24, 2.45) is 0 Å². The topological polar surface area (TPSA) is 34.1 Å². The fraction of sp³-hybridized carbons (Fsp3) is 0.913. The van der Waals surface area contributed by atoms with E-state index in [1.54, 1.807) is 6.92 Å². The maximum Gasteiger partial charge on any atom is 0.132 e. The quantitative estimate of drug-likeness (QED) is 0.249. The summed E-state index contributed by atoms with van der Waals surface area (Å²) in [7, 11) is 0. The Kier molecular flexibility index (Phi) is 24.8. The van der Waals surface area contributed by atoms with Crippen LogP contribution in [0.2, 0.25) is 0 Å². The van der Waals surface area contributed by atoms with Crippen LogP contribution in [0.1, 0.15) is 137 Å². The van der Waals surface area contributed by atoms with Crippen LogP contribution in [0.3, 0.4) is 0 Å². The second-order valence-corrected chi connectivity index (χ2v) is 7.38. The summed E-state index contributed by atoms with van der Waals surface area (Å²) in [6.07, 6.45) is 20.0. The van der Waals surface area contributed by atoms with Gasteiger partial charge in [0.05, 0.1) is 0 Å². The molecule has 0 spiro atoms. The Morgan fingerprint density at radius 3 is 1.32 bits per heavy atom. The van der Waals surface area contributed by atoms with Crippen molar-refractivity contribution in [3.63, 3.8) is 0 Å². The van der Waals surface area contributed by atoms with Crippen molar-refractivity contribution in [3.8, 4) is 0 Å². The van der Waals surface area contributed by atoms with Crippen molar-refractivity contribution in [2.45, 2.75) is 137 Å². The molecule has 25 heavy (non-hydrogen) atoms. The van der Waals surface area contributed by atoms with Crippen LogP contribution >= 0.6 is 0 Å². The summed E-state index contributed by atoms with van der Waals surface area (Å²) in [5.74, 6) is 0.805. The molecule has 0 aromatic carbocycles. The Balaban J connectivity index is 0. The van der Waals surface area contributed by atoms with Crippen molar-refractivity contribution < 1.29 is 9.59 Å². The normalized spacial score (nSPS) is 10.2. The maximum atomic E-state index is 11.2. The second kappa shape index (κ2) is 23.3. The molecule has 2 heteroatoms. The highest BCUT2D eigenvalue weighted by molar-refractivity contribution is 5.78. The Morgan fingerprint density at radius 2 is 0.840 bits per heavy atom. The van der Waals surface area contributed by atoms with Gasteiger partial charge in [-0.15, -0.1) is 0 Å². The van der Waals surface area contributed by atoms with Gasteiger partial charge in [0, 0.05) is 19.3 Å². The minimum atomic E-state index is 0.339. The van der Waals surface area contributed by atoms with Crippen LogP contribution in [0.25, 0.3) is 0 Å². The van der Waals surface area contributed by atoms with Crippen molar-refractivity contribution in [2.75, 3.05) is 0 Å². The first-order chi connectivity index (χ1) is 12.1. The zero-order valence-electron chi connectivity index (χ0n) is 17.8. The molecular weight excluding hydrogens is 308 g/mol. The summed E-state index contributed by atoms with van der Waals surface area (Å²) in [6, 6.07) is 0. The number of carbonyl (C=O) groups excluding carboxylic acids is 2. The molecule has 0 N–H and O–H groups in total. The van der Waals surface area contributed by atoms with E-state index < -0.39 is 0 Å². The van der Waals surface area contributed by atoms with Gasteiger partial charge in [-0.3, -0.25) is 4.79 Å². The van der Waals surface area contributed by atoms with Crippen LogP contribution in [0.5, 0.6) is 0 Å². The van der Waals surface area contributed by atoms with Gasteiger partial charge in [-0.1, -0.05) is 91.4 Å². The molecule has 0 aromatic heterocycles. The van der Waals surface area contributed by atoms with E-state index in [-0.39, 0.29) is 0 Å². The van der Waals surface area contributed by atoms with E-state index in [2.05, 4.69) is 20.8 Å².